The van der Waals surface area contributed by atoms with Gasteiger partial charge in [-0.15, -0.1) is 0 Å². The average molecular weight is 222 g/mol. The van der Waals surface area contributed by atoms with Crippen LogP contribution in [0.4, 0.5) is 5.69 Å². The number of nitrogens with zero attached hydrogens (tertiary/aromatic N) is 1. The molecule has 86 valence electrons. The highest BCUT2D eigenvalue weighted by Crippen LogP contribution is 2.37. The van der Waals surface area contributed by atoms with Gasteiger partial charge in [-0.2, -0.15) is 0 Å². The van der Waals surface area contributed by atoms with Crippen LogP contribution < -0.4 is 10.5 Å². The molecular weight excluding hydrogens is 208 g/mol. The van der Waals surface area contributed by atoms with Crippen molar-refractivity contribution in [3.63, 3.8) is 0 Å². The molecule has 0 spiro atoms. The van der Waals surface area contributed by atoms with E-state index in [9.17, 15) is 10.1 Å². The zero-order chi connectivity index (χ0) is 11.8. The summed E-state index contributed by atoms with van der Waals surface area (Å²) in [5, 5.41) is 10.8. The number of hydrogen-bond acceptors (Lipinski definition) is 4. The first kappa shape index (κ1) is 10.9. The molecule has 0 amide bonds. The van der Waals surface area contributed by atoms with Crippen LogP contribution in [0.3, 0.4) is 0 Å². The van der Waals surface area contributed by atoms with E-state index in [1.165, 1.54) is 7.11 Å². The smallest absolute Gasteiger partial charge is 0.311 e. The molecule has 2 N–H and O–H groups in total. The first-order valence-electron chi connectivity index (χ1n) is 5.14. The van der Waals surface area contributed by atoms with Crippen LogP contribution in [0.25, 0.3) is 0 Å². The molecule has 2 rings (SSSR count). The number of methoxy groups -OCH3 is 1. The van der Waals surface area contributed by atoms with Crippen LogP contribution in [0.1, 0.15) is 18.4 Å². The highest BCUT2D eigenvalue weighted by molar-refractivity contribution is 5.49. The van der Waals surface area contributed by atoms with Crippen LogP contribution in [-0.4, -0.2) is 17.6 Å². The maximum absolute atomic E-state index is 10.8. The molecule has 1 aliphatic carbocycles. The third-order valence-electron chi connectivity index (χ3n) is 2.89. The van der Waals surface area contributed by atoms with E-state index in [1.54, 1.807) is 12.1 Å². The molecule has 5 heteroatoms. The fraction of sp³-hybridized carbons (Fsp3) is 0.455. The minimum absolute atomic E-state index is 0.00394. The Kier molecular flexibility index (Phi) is 2.55. The summed E-state index contributed by atoms with van der Waals surface area (Å²) in [6.45, 7) is 0. The molecule has 0 bridgehead atoms. The van der Waals surface area contributed by atoms with Crippen molar-refractivity contribution in [2.24, 2.45) is 5.73 Å². The van der Waals surface area contributed by atoms with Gasteiger partial charge in [-0.05, 0) is 30.9 Å². The van der Waals surface area contributed by atoms with Gasteiger partial charge in [-0.25, -0.2) is 0 Å². The van der Waals surface area contributed by atoms with Gasteiger partial charge in [-0.1, -0.05) is 6.07 Å². The van der Waals surface area contributed by atoms with E-state index in [0.29, 0.717) is 6.42 Å². The number of nitro benzene ring substituents is 1. The Hall–Kier alpha value is -1.62. The topological polar surface area (TPSA) is 78.4 Å². The predicted molar refractivity (Wildman–Crippen MR) is 59.5 cm³/mol. The normalized spacial score (nSPS) is 16.9. The molecule has 1 fully saturated rings. The summed E-state index contributed by atoms with van der Waals surface area (Å²) in [4.78, 5) is 10.4. The van der Waals surface area contributed by atoms with E-state index in [1.807, 2.05) is 6.07 Å². The Balaban J connectivity index is 2.27. The average Bonchev–Trinajstić information content (AvgIpc) is 2.96. The van der Waals surface area contributed by atoms with Crippen molar-refractivity contribution in [2.75, 3.05) is 7.11 Å². The Morgan fingerprint density at radius 3 is 2.75 bits per heavy atom. The lowest BCUT2D eigenvalue weighted by molar-refractivity contribution is -0.385. The molecule has 0 atom stereocenters. The Labute approximate surface area is 93.4 Å². The number of benzene rings is 1. The van der Waals surface area contributed by atoms with Crippen molar-refractivity contribution in [3.8, 4) is 5.75 Å². The quantitative estimate of drug-likeness (QED) is 0.620. The van der Waals surface area contributed by atoms with Crippen LogP contribution in [0.5, 0.6) is 5.75 Å². The Morgan fingerprint density at radius 2 is 2.25 bits per heavy atom. The molecule has 0 unspecified atom stereocenters. The van der Waals surface area contributed by atoms with Gasteiger partial charge in [0.1, 0.15) is 0 Å². The largest absolute Gasteiger partial charge is 0.490 e. The Bertz CT molecular complexity index is 427. The van der Waals surface area contributed by atoms with Gasteiger partial charge < -0.3 is 10.5 Å². The molecule has 1 saturated carbocycles. The van der Waals surface area contributed by atoms with Gasteiger partial charge in [0, 0.05) is 11.6 Å². The van der Waals surface area contributed by atoms with Gasteiger partial charge in [0.2, 0.25) is 0 Å². The SMILES string of the molecule is COc1ccc(CC2(N)CC2)cc1[N+](=O)[O-]. The minimum atomic E-state index is -0.432. The number of nitrogens with two attached hydrogens (primary N) is 1. The summed E-state index contributed by atoms with van der Waals surface area (Å²) >= 11 is 0. The number of hydrogen-bond donors (Lipinski definition) is 1. The zero-order valence-corrected chi connectivity index (χ0v) is 9.10. The molecule has 0 saturated heterocycles. The molecule has 1 aromatic rings. The van der Waals surface area contributed by atoms with Crippen molar-refractivity contribution in [3.05, 3.63) is 33.9 Å². The molecule has 0 radical (unpaired) electrons. The summed E-state index contributed by atoms with van der Waals surface area (Å²) in [6, 6.07) is 5.00. The summed E-state index contributed by atoms with van der Waals surface area (Å²) < 4.78 is 4.93. The van der Waals surface area contributed by atoms with Crippen molar-refractivity contribution in [2.45, 2.75) is 24.8 Å². The highest BCUT2D eigenvalue weighted by atomic mass is 16.6. The molecule has 5 nitrogen and oxygen atoms in total. The predicted octanol–water partition coefficient (Wildman–Crippen LogP) is 1.64. The third-order valence-corrected chi connectivity index (χ3v) is 2.89. The second-order valence-corrected chi connectivity index (χ2v) is 4.30. The summed E-state index contributed by atoms with van der Waals surface area (Å²) in [6.07, 6.45) is 2.68. The first-order chi connectivity index (χ1) is 7.54. The van der Waals surface area contributed by atoms with Crippen LogP contribution in [0, 0.1) is 10.1 Å². The maximum Gasteiger partial charge on any atom is 0.311 e. The van der Waals surface area contributed by atoms with E-state index < -0.39 is 4.92 Å². The lowest BCUT2D eigenvalue weighted by Crippen LogP contribution is -2.24. The third kappa shape index (κ3) is 2.14. The molecule has 0 aliphatic heterocycles. The van der Waals surface area contributed by atoms with Crippen molar-refractivity contribution < 1.29 is 9.66 Å². The minimum Gasteiger partial charge on any atom is -0.490 e. The van der Waals surface area contributed by atoms with Crippen LogP contribution >= 0.6 is 0 Å². The van der Waals surface area contributed by atoms with E-state index in [0.717, 1.165) is 18.4 Å². The standard InChI is InChI=1S/C11H14N2O3/c1-16-10-3-2-8(6-9(10)13(14)15)7-11(12)4-5-11/h2-3,6H,4-5,7,12H2,1H3. The number of ether oxygens (including phenoxy) is 1. The monoisotopic (exact) mass is 222 g/mol. The number of rotatable bonds is 4. The molecular formula is C11H14N2O3. The Morgan fingerprint density at radius 1 is 1.56 bits per heavy atom. The fourth-order valence-electron chi connectivity index (χ4n) is 1.73. The first-order valence-corrected chi connectivity index (χ1v) is 5.14. The highest BCUT2D eigenvalue weighted by Gasteiger charge is 2.38. The van der Waals surface area contributed by atoms with Crippen LogP contribution in [0.15, 0.2) is 18.2 Å². The second-order valence-electron chi connectivity index (χ2n) is 4.30. The zero-order valence-electron chi connectivity index (χ0n) is 9.10. The van der Waals surface area contributed by atoms with Gasteiger partial charge in [0.15, 0.2) is 5.75 Å². The lowest BCUT2D eigenvalue weighted by Gasteiger charge is -2.09. The van der Waals surface area contributed by atoms with E-state index in [-0.39, 0.29) is 17.0 Å². The molecule has 1 aromatic carbocycles. The van der Waals surface area contributed by atoms with E-state index >= 15 is 0 Å². The second kappa shape index (κ2) is 3.75. The van der Waals surface area contributed by atoms with Crippen molar-refractivity contribution in [1.29, 1.82) is 0 Å². The van der Waals surface area contributed by atoms with Crippen molar-refractivity contribution >= 4 is 5.69 Å². The van der Waals surface area contributed by atoms with E-state index in [4.69, 9.17) is 10.5 Å². The van der Waals surface area contributed by atoms with Gasteiger partial charge in [0.05, 0.1) is 12.0 Å². The summed E-state index contributed by atoms with van der Waals surface area (Å²) in [5.41, 5.74) is 6.74. The molecule has 1 aliphatic rings. The fourth-order valence-corrected chi connectivity index (χ4v) is 1.73. The number of nitro groups is 1. The summed E-state index contributed by atoms with van der Waals surface area (Å²) in [7, 11) is 1.42. The summed E-state index contributed by atoms with van der Waals surface area (Å²) in [5.74, 6) is 0.288. The van der Waals surface area contributed by atoms with E-state index in [2.05, 4.69) is 0 Å². The van der Waals surface area contributed by atoms with Gasteiger partial charge in [-0.3, -0.25) is 10.1 Å². The van der Waals surface area contributed by atoms with Crippen molar-refractivity contribution in [1.82, 2.24) is 0 Å². The van der Waals surface area contributed by atoms with Crippen LogP contribution in [-0.2, 0) is 6.42 Å². The van der Waals surface area contributed by atoms with Gasteiger partial charge in [0.25, 0.3) is 0 Å². The molecule has 0 aromatic heterocycles. The van der Waals surface area contributed by atoms with Crippen LogP contribution in [0.2, 0.25) is 0 Å². The molecule has 16 heavy (non-hydrogen) atoms. The maximum atomic E-state index is 10.8. The molecule has 0 heterocycles. The van der Waals surface area contributed by atoms with Gasteiger partial charge >= 0.3 is 5.69 Å². The lowest BCUT2D eigenvalue weighted by atomic mass is 10.0.